The van der Waals surface area contributed by atoms with Crippen LogP contribution in [0.15, 0.2) is 103 Å². The summed E-state index contributed by atoms with van der Waals surface area (Å²) >= 11 is 0. The number of nitrogens with two attached hydrogens (primary N) is 1. The Morgan fingerprint density at radius 2 is 1.38 bits per heavy atom. The van der Waals surface area contributed by atoms with Gasteiger partial charge in [0.2, 0.25) is 35.4 Å². The van der Waals surface area contributed by atoms with Gasteiger partial charge in [0.15, 0.2) is 11.6 Å². The van der Waals surface area contributed by atoms with Crippen molar-refractivity contribution in [3.05, 3.63) is 131 Å². The van der Waals surface area contributed by atoms with Crippen LogP contribution in [0.5, 0.6) is 0 Å². The number of primary amides is 1. The van der Waals surface area contributed by atoms with Crippen molar-refractivity contribution < 1.29 is 76.8 Å². The highest BCUT2D eigenvalue weighted by Gasteiger charge is 2.44. The summed E-state index contributed by atoms with van der Waals surface area (Å²) in [4.78, 5) is 157. The average Bonchev–Trinajstić information content (AvgIpc) is 1.79. The molecule has 1 aromatic heterocycles. The van der Waals surface area contributed by atoms with E-state index in [1.807, 2.05) is 74.5 Å². The van der Waals surface area contributed by atoms with Gasteiger partial charge in [-0.2, -0.15) is 0 Å². The number of likely N-dealkylation sites (tertiary alicyclic amines) is 1. The van der Waals surface area contributed by atoms with Gasteiger partial charge in [0.05, 0.1) is 73.7 Å². The maximum Gasteiger partial charge on any atom is 0.410 e. The van der Waals surface area contributed by atoms with E-state index in [2.05, 4.69) is 36.9 Å². The summed E-state index contributed by atoms with van der Waals surface area (Å²) in [6.07, 6.45) is -0.545. The molecule has 1 fully saturated rings. The van der Waals surface area contributed by atoms with Gasteiger partial charge in [0.1, 0.15) is 25.2 Å². The Morgan fingerprint density at radius 3 is 2.01 bits per heavy atom. The lowest BCUT2D eigenvalue weighted by Crippen LogP contribution is -2.60. The van der Waals surface area contributed by atoms with E-state index in [1.165, 1.54) is 38.0 Å². The molecule has 0 aliphatic carbocycles. The van der Waals surface area contributed by atoms with E-state index in [1.54, 1.807) is 108 Å². The number of likely N-dealkylation sites (N-methyl/N-ethyl adjacent to an activating group) is 2. The Labute approximate surface area is 628 Å². The number of rotatable bonds is 42. The van der Waals surface area contributed by atoms with Crippen LogP contribution in [0.3, 0.4) is 0 Å². The van der Waals surface area contributed by atoms with Gasteiger partial charge < -0.3 is 66.2 Å². The summed E-state index contributed by atoms with van der Waals surface area (Å²) in [5.41, 5.74) is 8.41. The van der Waals surface area contributed by atoms with Crippen LogP contribution >= 0.6 is 0 Å². The summed E-state index contributed by atoms with van der Waals surface area (Å²) in [7, 11) is 7.28. The lowest BCUT2D eigenvalue weighted by Gasteiger charge is -2.41. The Balaban J connectivity index is 1.11. The highest BCUT2D eigenvalue weighted by atomic mass is 16.6. The SMILES string of the molecule is CC[C@H](C)[C@@H]([C@@H](CC(=O)N1CCC[C@H]1[C@H](OC)[C@@H](C)C(=O)N[C@H](C)[C@@H](O)c1ccccc1)OC)N(C)C(=O)[C@@H](NC(=O)[C@H](C(C)C)N(C)C(=O)OCc1ccc(CC(=O)[C@H](CCCNC(N)=O)NC(=O)[C@@H](CC(=O)[C@H](CCC(=O)OC)NC(=O)Cn2cc(C)nn2)Cc2cccc3ccccc23)cc1)C(C)C. The molecule has 4 aromatic carbocycles. The zero-order chi connectivity index (χ0) is 78.8. The maximum absolute atomic E-state index is 14.9. The van der Waals surface area contributed by atoms with Crippen molar-refractivity contribution in [3.63, 3.8) is 0 Å². The molecule has 2 heterocycles. The summed E-state index contributed by atoms with van der Waals surface area (Å²) in [6, 6.07) is 21.9. The van der Waals surface area contributed by atoms with E-state index >= 15 is 0 Å². The first-order valence-corrected chi connectivity index (χ1v) is 36.9. The van der Waals surface area contributed by atoms with Crippen LogP contribution in [-0.4, -0.2) is 203 Å². The van der Waals surface area contributed by atoms with Gasteiger partial charge >= 0.3 is 18.1 Å². The van der Waals surface area contributed by atoms with Crippen LogP contribution in [0.4, 0.5) is 9.59 Å². The van der Waals surface area contributed by atoms with Crippen molar-refractivity contribution in [2.45, 2.75) is 207 Å². The van der Waals surface area contributed by atoms with Gasteiger partial charge in [0.25, 0.3) is 0 Å². The third-order valence-corrected chi connectivity index (χ3v) is 20.2. The Kier molecular flexibility index (Phi) is 33.9. The number of aryl methyl sites for hydroxylation is 1. The molecule has 584 valence electrons. The van der Waals surface area contributed by atoms with Crippen LogP contribution < -0.4 is 32.3 Å². The van der Waals surface area contributed by atoms with E-state index in [9.17, 15) is 57.8 Å². The quantitative estimate of drug-likeness (QED) is 0.0159. The molecule has 6 rings (SSSR count). The van der Waals surface area contributed by atoms with Gasteiger partial charge in [-0.15, -0.1) is 5.10 Å². The Morgan fingerprint density at radius 1 is 0.720 bits per heavy atom. The number of carbonyl (C=O) groups excluding carboxylic acids is 11. The molecule has 0 unspecified atom stereocenters. The lowest BCUT2D eigenvalue weighted by atomic mass is 9.88. The maximum atomic E-state index is 14.9. The van der Waals surface area contributed by atoms with Crippen molar-refractivity contribution >= 4 is 75.9 Å². The van der Waals surface area contributed by atoms with Crippen LogP contribution in [-0.2, 0) is 88.1 Å². The second-order valence-corrected chi connectivity index (χ2v) is 28.8. The summed E-state index contributed by atoms with van der Waals surface area (Å²) in [5, 5.41) is 34.6. The van der Waals surface area contributed by atoms with Crippen LogP contribution in [0.1, 0.15) is 147 Å². The number of urea groups is 1. The average molecular weight is 1490 g/mol. The number of aromatic nitrogens is 3. The third-order valence-electron chi connectivity index (χ3n) is 20.2. The van der Waals surface area contributed by atoms with Gasteiger partial charge in [-0.1, -0.05) is 157 Å². The first-order chi connectivity index (χ1) is 50.9. The molecule has 107 heavy (non-hydrogen) atoms. The normalized spacial score (nSPS) is 16.3. The first-order valence-electron chi connectivity index (χ1n) is 36.9. The minimum absolute atomic E-state index is 0.0429. The van der Waals surface area contributed by atoms with Crippen molar-refractivity contribution in [2.24, 2.45) is 35.3 Å². The molecule has 8 N–H and O–H groups in total. The van der Waals surface area contributed by atoms with Crippen molar-refractivity contribution in [1.82, 2.24) is 56.3 Å². The minimum atomic E-state index is -1.22. The zero-order valence-electron chi connectivity index (χ0n) is 64.4. The smallest absolute Gasteiger partial charge is 0.410 e. The topological polar surface area (TPSA) is 372 Å². The number of benzene rings is 4. The summed E-state index contributed by atoms with van der Waals surface area (Å²) < 4.78 is 24.0. The molecular weight excluding hydrogens is 1370 g/mol. The number of nitrogens with zero attached hydrogens (tertiary/aromatic N) is 6. The monoisotopic (exact) mass is 1480 g/mol. The van der Waals surface area contributed by atoms with Crippen molar-refractivity contribution in [2.75, 3.05) is 48.5 Å². The number of hydrogen-bond donors (Lipinski definition) is 7. The van der Waals surface area contributed by atoms with Crippen molar-refractivity contribution in [1.29, 1.82) is 0 Å². The predicted molar refractivity (Wildman–Crippen MR) is 401 cm³/mol. The molecule has 13 atom stereocenters. The molecular formula is C79H112N12O16. The number of aliphatic hydroxyl groups is 1. The molecule has 28 heteroatoms. The number of nitrogens with one attached hydrogen (secondary N) is 5. The number of fused-ring (bicyclic) bond motifs is 1. The number of ether oxygens (including phenoxy) is 4. The van der Waals surface area contributed by atoms with Crippen LogP contribution in [0.2, 0.25) is 0 Å². The molecule has 1 saturated heterocycles. The molecule has 0 radical (unpaired) electrons. The highest BCUT2D eigenvalue weighted by Crippen LogP contribution is 2.31. The van der Waals surface area contributed by atoms with Gasteiger partial charge in [-0.05, 0) is 103 Å². The number of carbonyl (C=O) groups is 11. The van der Waals surface area contributed by atoms with Crippen LogP contribution in [0, 0.1) is 36.5 Å². The fraction of sp³-hybridized carbons (Fsp3) is 0.557. The standard InChI is InChI=1S/C79H112N12O16/c1-15-49(6)71(65(104-12)43-67(95)91-39-23-31-62(91)73(106-14)51(8)74(98)82-52(9)72(97)56-25-17-16-18-26-56)88(10)77(101)69(47(2)3)85-76(100)70(48(4)5)89(11)79(103)107-46-54-34-32-53(33-35-54)40-63(92)60(30-22-38-81-78(80)102)84-75(99)58(41-57-28-21-27-55-24-19-20-29-59(55)57)42-64(93)61(36-37-68(96)105-13)83-66(94)45-90-44-50(7)86-87-90/h16-21,24-29,32-35,44,47-49,51-52,58,60-62,65,69-73,97H,15,22-23,30-31,36-43,45-46H2,1-14H3,(H,82,98)(H,83,94)(H,84,99)(H,85,100)(H3,80,81,102)/t49-,51+,52+,58+,60-,61-,62-,65+,69-,70-,71-,72+,73+/m0/s1. The second kappa shape index (κ2) is 42.0. The molecule has 0 spiro atoms. The Hall–Kier alpha value is -9.67. The van der Waals surface area contributed by atoms with E-state index in [0.717, 1.165) is 16.3 Å². The third kappa shape index (κ3) is 25.0. The molecule has 9 amide bonds. The number of aliphatic hydroxyl groups excluding tert-OH is 1. The van der Waals surface area contributed by atoms with E-state index < -0.39 is 144 Å². The van der Waals surface area contributed by atoms with Gasteiger partial charge in [-0.3, -0.25) is 48.1 Å². The Bertz CT molecular complexity index is 3790. The fourth-order valence-corrected chi connectivity index (χ4v) is 14.1. The first kappa shape index (κ1) is 86.3. The summed E-state index contributed by atoms with van der Waals surface area (Å²) in [6.45, 7) is 16.2. The highest BCUT2D eigenvalue weighted by molar-refractivity contribution is 5.96. The number of amides is 9. The van der Waals surface area contributed by atoms with E-state index in [-0.39, 0.29) is 82.4 Å². The fourth-order valence-electron chi connectivity index (χ4n) is 14.1. The number of methoxy groups -OCH3 is 3. The molecule has 28 nitrogen and oxygen atoms in total. The predicted octanol–water partition coefficient (Wildman–Crippen LogP) is 6.63. The number of hydrogen-bond acceptors (Lipinski definition) is 18. The van der Waals surface area contributed by atoms with Crippen molar-refractivity contribution in [3.8, 4) is 0 Å². The number of esters is 1. The molecule has 0 bridgehead atoms. The van der Waals surface area contributed by atoms with E-state index in [0.29, 0.717) is 48.2 Å². The van der Waals surface area contributed by atoms with Gasteiger partial charge in [-0.25, -0.2) is 14.3 Å². The second-order valence-electron chi connectivity index (χ2n) is 28.8. The van der Waals surface area contributed by atoms with Gasteiger partial charge in [0, 0.05) is 72.8 Å². The largest absolute Gasteiger partial charge is 0.469 e. The van der Waals surface area contributed by atoms with E-state index in [4.69, 9.17) is 24.7 Å². The number of Topliss-reactive ketones (excluding diaryl/α,β-unsaturated/α-hetero) is 2. The number of ketones is 2. The molecule has 1 aliphatic rings. The zero-order valence-corrected chi connectivity index (χ0v) is 64.4. The molecule has 0 saturated carbocycles. The molecule has 1 aliphatic heterocycles. The summed E-state index contributed by atoms with van der Waals surface area (Å²) in [5.74, 6) is -7.28. The molecule has 5 aromatic rings. The lowest BCUT2D eigenvalue weighted by molar-refractivity contribution is -0.148. The van der Waals surface area contributed by atoms with Crippen LogP contribution in [0.25, 0.3) is 10.8 Å². The minimum Gasteiger partial charge on any atom is -0.469 e.